The molecule has 10 heteroatoms. The monoisotopic (exact) mass is 520 g/mol. The van der Waals surface area contributed by atoms with Crippen LogP contribution in [0.4, 0.5) is 13.2 Å². The molecule has 7 nitrogen and oxygen atoms in total. The number of hydrogen-bond acceptors (Lipinski definition) is 6. The number of aromatic nitrogens is 4. The van der Waals surface area contributed by atoms with Crippen molar-refractivity contribution in [1.29, 1.82) is 0 Å². The summed E-state index contributed by atoms with van der Waals surface area (Å²) in [6.45, 7) is 1.79. The second kappa shape index (κ2) is 10.5. The third-order valence-corrected chi connectivity index (χ3v) is 6.41. The largest absolute Gasteiger partial charge is 0.489 e. The van der Waals surface area contributed by atoms with Gasteiger partial charge in [-0.1, -0.05) is 30.3 Å². The van der Waals surface area contributed by atoms with Gasteiger partial charge in [0.25, 0.3) is 0 Å². The molecule has 0 aliphatic carbocycles. The van der Waals surface area contributed by atoms with Gasteiger partial charge >= 0.3 is 0 Å². The van der Waals surface area contributed by atoms with E-state index in [1.165, 1.54) is 35.5 Å². The van der Waals surface area contributed by atoms with E-state index in [2.05, 4.69) is 15.2 Å². The molecule has 0 aliphatic rings. The Kier molecular flexibility index (Phi) is 6.97. The van der Waals surface area contributed by atoms with Crippen molar-refractivity contribution in [2.75, 3.05) is 0 Å². The van der Waals surface area contributed by atoms with Gasteiger partial charge in [-0.3, -0.25) is 0 Å². The van der Waals surface area contributed by atoms with Crippen molar-refractivity contribution in [3.63, 3.8) is 0 Å². The Morgan fingerprint density at radius 3 is 2.39 bits per heavy atom. The van der Waals surface area contributed by atoms with Gasteiger partial charge in [-0.25, -0.2) is 22.8 Å². The SMILES string of the molecule is C[C@@H](c1cc(-c2ccc(OCc3ccc(F)cc3)cc2)no1)[C@](O)(Cn1cncn1)c1ccc(F)cc1F. The van der Waals surface area contributed by atoms with Crippen LogP contribution in [0.5, 0.6) is 5.75 Å². The number of benzene rings is 3. The highest BCUT2D eigenvalue weighted by Gasteiger charge is 2.42. The van der Waals surface area contributed by atoms with E-state index in [-0.39, 0.29) is 24.5 Å². The first-order valence-electron chi connectivity index (χ1n) is 11.8. The smallest absolute Gasteiger partial charge is 0.143 e. The summed E-state index contributed by atoms with van der Waals surface area (Å²) in [4.78, 5) is 3.88. The van der Waals surface area contributed by atoms with E-state index < -0.39 is 23.2 Å². The first kappa shape index (κ1) is 25.2. The first-order chi connectivity index (χ1) is 18.3. The normalized spacial score (nSPS) is 13.7. The fourth-order valence-electron chi connectivity index (χ4n) is 4.19. The lowest BCUT2D eigenvalue weighted by atomic mass is 9.80. The summed E-state index contributed by atoms with van der Waals surface area (Å²) in [5.41, 5.74) is 0.0955. The summed E-state index contributed by atoms with van der Waals surface area (Å²) in [7, 11) is 0. The van der Waals surface area contributed by atoms with Crippen LogP contribution in [-0.2, 0) is 18.8 Å². The van der Waals surface area contributed by atoms with Crippen molar-refractivity contribution in [2.45, 2.75) is 31.6 Å². The molecule has 0 aliphatic heterocycles. The van der Waals surface area contributed by atoms with Crippen LogP contribution in [-0.4, -0.2) is 25.0 Å². The van der Waals surface area contributed by atoms with Gasteiger partial charge in [0.15, 0.2) is 0 Å². The molecule has 38 heavy (non-hydrogen) atoms. The number of aliphatic hydroxyl groups is 1. The Balaban J connectivity index is 1.36. The fourth-order valence-corrected chi connectivity index (χ4v) is 4.19. The zero-order chi connectivity index (χ0) is 26.7. The summed E-state index contributed by atoms with van der Waals surface area (Å²) < 4.78 is 54.2. The van der Waals surface area contributed by atoms with Gasteiger partial charge in [0.2, 0.25) is 0 Å². The van der Waals surface area contributed by atoms with Crippen LogP contribution >= 0.6 is 0 Å². The summed E-state index contributed by atoms with van der Waals surface area (Å²) in [6, 6.07) is 17.9. The molecule has 0 saturated heterocycles. The highest BCUT2D eigenvalue weighted by atomic mass is 19.1. The molecule has 0 fully saturated rings. The average molecular weight is 521 g/mol. The van der Waals surface area contributed by atoms with Gasteiger partial charge in [0.05, 0.1) is 12.5 Å². The second-order valence-electron chi connectivity index (χ2n) is 8.92. The molecule has 0 spiro atoms. The topological polar surface area (TPSA) is 86.2 Å². The summed E-state index contributed by atoms with van der Waals surface area (Å²) in [5, 5.41) is 19.9. The number of halogens is 3. The van der Waals surface area contributed by atoms with E-state index >= 15 is 0 Å². The molecule has 2 atom stereocenters. The second-order valence-corrected chi connectivity index (χ2v) is 8.92. The predicted octanol–water partition coefficient (Wildman–Crippen LogP) is 5.62. The van der Waals surface area contributed by atoms with E-state index in [0.717, 1.165) is 23.3 Å². The Morgan fingerprint density at radius 2 is 1.71 bits per heavy atom. The van der Waals surface area contributed by atoms with Gasteiger partial charge < -0.3 is 14.4 Å². The Labute approximate surface area is 216 Å². The van der Waals surface area contributed by atoms with Crippen molar-refractivity contribution in [2.24, 2.45) is 0 Å². The van der Waals surface area contributed by atoms with Crippen LogP contribution in [0.2, 0.25) is 0 Å². The predicted molar refractivity (Wildman–Crippen MR) is 131 cm³/mol. The van der Waals surface area contributed by atoms with Crippen molar-refractivity contribution in [3.05, 3.63) is 120 Å². The molecule has 0 saturated carbocycles. The Morgan fingerprint density at radius 1 is 0.974 bits per heavy atom. The molecule has 1 N–H and O–H groups in total. The lowest BCUT2D eigenvalue weighted by Crippen LogP contribution is -2.38. The minimum absolute atomic E-state index is 0.109. The molecular formula is C28H23F3N4O3. The zero-order valence-electron chi connectivity index (χ0n) is 20.3. The third-order valence-electron chi connectivity index (χ3n) is 6.41. The van der Waals surface area contributed by atoms with E-state index in [4.69, 9.17) is 9.26 Å². The van der Waals surface area contributed by atoms with Crippen LogP contribution in [0.1, 0.15) is 29.7 Å². The molecule has 5 aromatic rings. The molecule has 0 radical (unpaired) electrons. The van der Waals surface area contributed by atoms with E-state index in [0.29, 0.717) is 17.2 Å². The van der Waals surface area contributed by atoms with Gasteiger partial charge in [-0.15, -0.1) is 0 Å². The minimum atomic E-state index is -1.86. The fraction of sp³-hybridized carbons (Fsp3) is 0.179. The highest BCUT2D eigenvalue weighted by molar-refractivity contribution is 5.60. The van der Waals surface area contributed by atoms with Crippen molar-refractivity contribution < 1.29 is 27.5 Å². The zero-order valence-corrected chi connectivity index (χ0v) is 20.3. The van der Waals surface area contributed by atoms with E-state index in [9.17, 15) is 18.3 Å². The number of rotatable bonds is 9. The average Bonchev–Trinajstić information content (AvgIpc) is 3.61. The summed E-state index contributed by atoms with van der Waals surface area (Å²) in [6.07, 6.45) is 2.69. The maximum absolute atomic E-state index is 14.8. The number of hydrogen-bond donors (Lipinski definition) is 1. The van der Waals surface area contributed by atoms with Crippen LogP contribution in [0, 0.1) is 17.5 Å². The van der Waals surface area contributed by atoms with Crippen molar-refractivity contribution in [1.82, 2.24) is 19.9 Å². The quantitative estimate of drug-likeness (QED) is 0.272. The standard InChI is InChI=1S/C28H23F3N4O3/c1-18(28(36,15-35-17-32-16-33-35)24-11-8-22(30)12-25(24)31)27-13-26(34-38-27)20-4-9-23(10-5-20)37-14-19-2-6-21(29)7-3-19/h2-13,16-18,36H,14-15H2,1H3/t18-,28+/m0/s1. The van der Waals surface area contributed by atoms with Crippen LogP contribution in [0.3, 0.4) is 0 Å². The van der Waals surface area contributed by atoms with Gasteiger partial charge in [-0.2, -0.15) is 5.10 Å². The molecule has 194 valence electrons. The van der Waals surface area contributed by atoms with Gasteiger partial charge in [0, 0.05) is 23.3 Å². The van der Waals surface area contributed by atoms with Crippen LogP contribution < -0.4 is 4.74 Å². The van der Waals surface area contributed by atoms with Crippen molar-refractivity contribution in [3.8, 4) is 17.0 Å². The number of nitrogens with zero attached hydrogens (tertiary/aromatic N) is 4. The lowest BCUT2D eigenvalue weighted by Gasteiger charge is -2.33. The summed E-state index contributed by atoms with van der Waals surface area (Å²) in [5.74, 6) is -1.85. The van der Waals surface area contributed by atoms with Gasteiger partial charge in [-0.05, 0) is 48.0 Å². The molecule has 0 amide bonds. The van der Waals surface area contributed by atoms with Crippen LogP contribution in [0.15, 0.2) is 90.0 Å². The van der Waals surface area contributed by atoms with E-state index in [1.807, 2.05) is 0 Å². The summed E-state index contributed by atoms with van der Waals surface area (Å²) >= 11 is 0. The maximum Gasteiger partial charge on any atom is 0.143 e. The van der Waals surface area contributed by atoms with Crippen LogP contribution in [0.25, 0.3) is 11.3 Å². The Bertz CT molecular complexity index is 1510. The highest BCUT2D eigenvalue weighted by Crippen LogP contribution is 2.40. The third kappa shape index (κ3) is 5.30. The first-order valence-corrected chi connectivity index (χ1v) is 11.8. The van der Waals surface area contributed by atoms with Gasteiger partial charge in [0.1, 0.15) is 59.5 Å². The molecule has 2 aromatic heterocycles. The van der Waals surface area contributed by atoms with E-state index in [1.54, 1.807) is 49.4 Å². The molecule has 0 bridgehead atoms. The Hall–Kier alpha value is -4.44. The molecule has 3 aromatic carbocycles. The molecule has 2 heterocycles. The molecule has 5 rings (SSSR count). The molecule has 0 unspecified atom stereocenters. The molecular weight excluding hydrogens is 497 g/mol. The number of ether oxygens (including phenoxy) is 1. The minimum Gasteiger partial charge on any atom is -0.489 e. The lowest BCUT2D eigenvalue weighted by molar-refractivity contribution is -0.0181. The van der Waals surface area contributed by atoms with Crippen molar-refractivity contribution >= 4 is 0 Å². The maximum atomic E-state index is 14.8.